The summed E-state index contributed by atoms with van der Waals surface area (Å²) in [5.41, 5.74) is 2.09. The van der Waals surface area contributed by atoms with Gasteiger partial charge in [-0.3, -0.25) is 0 Å². The molecule has 2 rings (SSSR count). The van der Waals surface area contributed by atoms with Crippen LogP contribution in [0.3, 0.4) is 0 Å². The Hall–Kier alpha value is -0.890. The fraction of sp³-hybridized carbons (Fsp3) is 0.625. The van der Waals surface area contributed by atoms with Gasteiger partial charge in [-0.2, -0.15) is 0 Å². The topological polar surface area (TPSA) is 12.0 Å². The summed E-state index contributed by atoms with van der Waals surface area (Å²) < 4.78 is 13.4. The second kappa shape index (κ2) is 5.83. The highest BCUT2D eigenvalue weighted by atomic mass is 19.1. The van der Waals surface area contributed by atoms with Gasteiger partial charge < -0.3 is 5.32 Å². The zero-order valence-electron chi connectivity index (χ0n) is 11.7. The van der Waals surface area contributed by atoms with Crippen LogP contribution in [0.15, 0.2) is 18.2 Å². The molecule has 0 spiro atoms. The fourth-order valence-corrected chi connectivity index (χ4v) is 3.11. The van der Waals surface area contributed by atoms with Crippen LogP contribution in [0.4, 0.5) is 4.39 Å². The Morgan fingerprint density at radius 2 is 2.17 bits per heavy atom. The van der Waals surface area contributed by atoms with Gasteiger partial charge in [-0.25, -0.2) is 4.39 Å². The van der Waals surface area contributed by atoms with Crippen molar-refractivity contribution in [2.24, 2.45) is 11.8 Å². The van der Waals surface area contributed by atoms with Crippen LogP contribution < -0.4 is 5.32 Å². The number of rotatable bonds is 3. The minimum absolute atomic E-state index is 0.0897. The molecule has 1 fully saturated rings. The summed E-state index contributed by atoms with van der Waals surface area (Å²) in [4.78, 5) is 0. The molecule has 18 heavy (non-hydrogen) atoms. The Bertz CT molecular complexity index is 400. The molecule has 1 heterocycles. The summed E-state index contributed by atoms with van der Waals surface area (Å²) in [6.07, 6.45) is 2.41. The lowest BCUT2D eigenvalue weighted by atomic mass is 9.77. The summed E-state index contributed by atoms with van der Waals surface area (Å²) in [7, 11) is 0. The van der Waals surface area contributed by atoms with Crippen LogP contribution in [0.2, 0.25) is 0 Å². The lowest BCUT2D eigenvalue weighted by Gasteiger charge is -2.34. The molecule has 0 saturated carbocycles. The average molecular weight is 249 g/mol. The first kappa shape index (κ1) is 13.5. The van der Waals surface area contributed by atoms with Crippen LogP contribution in [0, 0.1) is 24.6 Å². The summed E-state index contributed by atoms with van der Waals surface area (Å²) in [6.45, 7) is 8.59. The molecule has 1 aromatic carbocycles. The minimum atomic E-state index is -0.0897. The maximum atomic E-state index is 13.4. The molecule has 1 aliphatic heterocycles. The Kier molecular flexibility index (Phi) is 4.39. The van der Waals surface area contributed by atoms with Gasteiger partial charge in [0.25, 0.3) is 0 Å². The van der Waals surface area contributed by atoms with E-state index >= 15 is 0 Å². The standard InChI is InChI=1S/C16H24FN/c1-11(2)8-14-10-18-7-6-15(14)13-4-5-16(17)12(3)9-13/h4-5,9,11,14-15,18H,6-8,10H2,1-3H3. The number of nitrogens with one attached hydrogen (secondary N) is 1. The normalized spacial score (nSPS) is 24.5. The van der Waals surface area contributed by atoms with Crippen molar-refractivity contribution in [1.29, 1.82) is 0 Å². The first-order chi connectivity index (χ1) is 8.58. The molecular formula is C16H24FN. The maximum Gasteiger partial charge on any atom is 0.126 e. The number of piperidine rings is 1. The molecule has 0 amide bonds. The van der Waals surface area contributed by atoms with Crippen LogP contribution in [0.1, 0.15) is 43.7 Å². The van der Waals surface area contributed by atoms with E-state index in [4.69, 9.17) is 0 Å². The minimum Gasteiger partial charge on any atom is -0.316 e. The molecule has 100 valence electrons. The highest BCUT2D eigenvalue weighted by molar-refractivity contribution is 5.28. The molecular weight excluding hydrogens is 225 g/mol. The average Bonchev–Trinajstić information content (AvgIpc) is 2.33. The van der Waals surface area contributed by atoms with Gasteiger partial charge in [0.1, 0.15) is 5.82 Å². The van der Waals surface area contributed by atoms with Crippen LogP contribution in [0.25, 0.3) is 0 Å². The highest BCUT2D eigenvalue weighted by Crippen LogP contribution is 2.34. The number of hydrogen-bond acceptors (Lipinski definition) is 1. The molecule has 1 nitrogen and oxygen atoms in total. The van der Waals surface area contributed by atoms with Crippen molar-refractivity contribution < 1.29 is 4.39 Å². The van der Waals surface area contributed by atoms with Gasteiger partial charge in [0.2, 0.25) is 0 Å². The molecule has 0 bridgehead atoms. The third-order valence-corrected chi connectivity index (χ3v) is 3.99. The van der Waals surface area contributed by atoms with E-state index in [2.05, 4.69) is 19.2 Å². The van der Waals surface area contributed by atoms with E-state index in [1.54, 1.807) is 6.07 Å². The lowest BCUT2D eigenvalue weighted by Crippen LogP contribution is -2.36. The number of halogens is 1. The van der Waals surface area contributed by atoms with Crippen molar-refractivity contribution in [3.05, 3.63) is 35.1 Å². The molecule has 1 aliphatic rings. The molecule has 0 radical (unpaired) electrons. The third-order valence-electron chi connectivity index (χ3n) is 3.99. The van der Waals surface area contributed by atoms with E-state index in [9.17, 15) is 4.39 Å². The van der Waals surface area contributed by atoms with Crippen molar-refractivity contribution in [1.82, 2.24) is 5.32 Å². The third kappa shape index (κ3) is 3.11. The zero-order valence-corrected chi connectivity index (χ0v) is 11.7. The molecule has 0 aromatic heterocycles. The molecule has 1 N–H and O–H groups in total. The molecule has 2 atom stereocenters. The van der Waals surface area contributed by atoms with Crippen molar-refractivity contribution in [3.63, 3.8) is 0 Å². The molecule has 2 heteroatoms. The summed E-state index contributed by atoms with van der Waals surface area (Å²) in [5, 5.41) is 3.49. The Morgan fingerprint density at radius 3 is 2.83 bits per heavy atom. The Balaban J connectivity index is 2.19. The molecule has 1 aromatic rings. The van der Waals surface area contributed by atoms with Gasteiger partial charge in [0.15, 0.2) is 0 Å². The van der Waals surface area contributed by atoms with Crippen molar-refractivity contribution in [3.8, 4) is 0 Å². The van der Waals surface area contributed by atoms with Gasteiger partial charge in [0, 0.05) is 0 Å². The van der Waals surface area contributed by atoms with E-state index in [0.717, 1.165) is 24.6 Å². The van der Waals surface area contributed by atoms with Crippen LogP contribution >= 0.6 is 0 Å². The largest absolute Gasteiger partial charge is 0.316 e. The fourth-order valence-electron chi connectivity index (χ4n) is 3.11. The van der Waals surface area contributed by atoms with Crippen molar-refractivity contribution in [2.75, 3.05) is 13.1 Å². The lowest BCUT2D eigenvalue weighted by molar-refractivity contribution is 0.280. The van der Waals surface area contributed by atoms with Gasteiger partial charge in [-0.15, -0.1) is 0 Å². The van der Waals surface area contributed by atoms with Crippen LogP contribution in [-0.4, -0.2) is 13.1 Å². The van der Waals surface area contributed by atoms with Crippen LogP contribution in [0.5, 0.6) is 0 Å². The molecule has 1 saturated heterocycles. The van der Waals surface area contributed by atoms with Crippen molar-refractivity contribution >= 4 is 0 Å². The van der Waals surface area contributed by atoms with E-state index in [-0.39, 0.29) is 5.82 Å². The van der Waals surface area contributed by atoms with Gasteiger partial charge >= 0.3 is 0 Å². The Morgan fingerprint density at radius 1 is 1.39 bits per heavy atom. The predicted molar refractivity (Wildman–Crippen MR) is 74.3 cm³/mol. The Labute approximate surface area is 110 Å². The smallest absolute Gasteiger partial charge is 0.126 e. The summed E-state index contributed by atoms with van der Waals surface area (Å²) >= 11 is 0. The van der Waals surface area contributed by atoms with Crippen molar-refractivity contribution in [2.45, 2.75) is 39.5 Å². The van der Waals surface area contributed by atoms with Gasteiger partial charge in [-0.1, -0.05) is 26.0 Å². The summed E-state index contributed by atoms with van der Waals surface area (Å²) in [5.74, 6) is 1.91. The number of hydrogen-bond donors (Lipinski definition) is 1. The van der Waals surface area contributed by atoms with E-state index in [1.165, 1.54) is 18.4 Å². The van der Waals surface area contributed by atoms with E-state index < -0.39 is 0 Å². The number of aryl methyl sites for hydroxylation is 1. The quantitative estimate of drug-likeness (QED) is 0.857. The predicted octanol–water partition coefficient (Wildman–Crippen LogP) is 3.87. The second-order valence-electron chi connectivity index (χ2n) is 6.00. The second-order valence-corrected chi connectivity index (χ2v) is 6.00. The summed E-state index contributed by atoms with van der Waals surface area (Å²) in [6, 6.07) is 5.64. The molecule has 0 aliphatic carbocycles. The first-order valence-electron chi connectivity index (χ1n) is 7.04. The van der Waals surface area contributed by atoms with E-state index in [1.807, 2.05) is 19.1 Å². The van der Waals surface area contributed by atoms with Gasteiger partial charge in [0.05, 0.1) is 0 Å². The first-order valence-corrected chi connectivity index (χ1v) is 7.04. The molecule has 2 unspecified atom stereocenters. The maximum absolute atomic E-state index is 13.4. The van der Waals surface area contributed by atoms with Gasteiger partial charge in [-0.05, 0) is 67.8 Å². The van der Waals surface area contributed by atoms with E-state index in [0.29, 0.717) is 11.8 Å². The SMILES string of the molecule is Cc1cc(C2CCNCC2CC(C)C)ccc1F. The number of benzene rings is 1. The highest BCUT2D eigenvalue weighted by Gasteiger charge is 2.27. The zero-order chi connectivity index (χ0) is 13.1. The monoisotopic (exact) mass is 249 g/mol. The van der Waals surface area contributed by atoms with Crippen LogP contribution in [-0.2, 0) is 0 Å².